The maximum absolute atomic E-state index is 2.30. The fourth-order valence-electron chi connectivity index (χ4n) is 3.03. The topological polar surface area (TPSA) is 4.93 Å². The van der Waals surface area contributed by atoms with Crippen LogP contribution in [0, 0.1) is 0 Å². The minimum absolute atomic E-state index is 1.26. The molecule has 0 aliphatic rings. The van der Waals surface area contributed by atoms with Crippen molar-refractivity contribution in [3.63, 3.8) is 0 Å². The molecule has 4 rings (SSSR count). The Balaban J connectivity index is 2.15. The number of rotatable bonds is 2. The van der Waals surface area contributed by atoms with E-state index in [4.69, 9.17) is 0 Å². The van der Waals surface area contributed by atoms with E-state index in [1.807, 2.05) is 0 Å². The van der Waals surface area contributed by atoms with E-state index in [9.17, 15) is 0 Å². The van der Waals surface area contributed by atoms with Gasteiger partial charge in [0.25, 0.3) is 0 Å². The molecular formula is C19H15NS. The fourth-order valence-corrected chi connectivity index (χ4v) is 3.67. The van der Waals surface area contributed by atoms with E-state index in [1.54, 1.807) is 11.3 Å². The van der Waals surface area contributed by atoms with Gasteiger partial charge in [0.05, 0.1) is 5.69 Å². The Kier molecular flexibility index (Phi) is 2.90. The van der Waals surface area contributed by atoms with Crippen LogP contribution in [0.15, 0.2) is 71.4 Å². The van der Waals surface area contributed by atoms with Gasteiger partial charge in [0.2, 0.25) is 0 Å². The molecule has 0 aliphatic heterocycles. The third-order valence-electron chi connectivity index (χ3n) is 3.96. The van der Waals surface area contributed by atoms with Crippen molar-refractivity contribution in [3.8, 4) is 22.4 Å². The van der Waals surface area contributed by atoms with Gasteiger partial charge in [-0.3, -0.25) is 0 Å². The summed E-state index contributed by atoms with van der Waals surface area (Å²) < 4.78 is 2.30. The summed E-state index contributed by atoms with van der Waals surface area (Å²) in [4.78, 5) is 0. The number of aryl methyl sites for hydroxylation is 1. The van der Waals surface area contributed by atoms with Gasteiger partial charge in [-0.1, -0.05) is 48.5 Å². The first-order valence-electron chi connectivity index (χ1n) is 7.01. The van der Waals surface area contributed by atoms with Crippen LogP contribution in [-0.4, -0.2) is 4.57 Å². The van der Waals surface area contributed by atoms with Gasteiger partial charge < -0.3 is 4.57 Å². The molecule has 0 spiro atoms. The minimum Gasteiger partial charge on any atom is -0.343 e. The molecule has 0 aliphatic carbocycles. The molecule has 1 nitrogen and oxygen atoms in total. The number of aromatic nitrogens is 1. The van der Waals surface area contributed by atoms with Crippen molar-refractivity contribution in [2.24, 2.45) is 7.05 Å². The number of benzene rings is 2. The molecule has 2 heteroatoms. The normalized spacial score (nSPS) is 11.1. The smallest absolute Gasteiger partial charge is 0.0568 e. The predicted molar refractivity (Wildman–Crippen MR) is 91.7 cm³/mol. The van der Waals surface area contributed by atoms with Crippen molar-refractivity contribution in [1.82, 2.24) is 4.57 Å². The molecule has 0 fully saturated rings. The van der Waals surface area contributed by atoms with Crippen molar-refractivity contribution in [2.45, 2.75) is 0 Å². The Morgan fingerprint density at radius 3 is 2.33 bits per heavy atom. The summed E-state index contributed by atoms with van der Waals surface area (Å²) in [5.41, 5.74) is 6.46. The van der Waals surface area contributed by atoms with E-state index in [1.165, 1.54) is 33.3 Å². The first kappa shape index (κ1) is 12.4. The molecule has 4 aromatic rings. The SMILES string of the molecule is Cn1c(-c2ccccc2)c(-c2ccsc2)c2ccccc21. The highest BCUT2D eigenvalue weighted by atomic mass is 32.1. The van der Waals surface area contributed by atoms with Crippen molar-refractivity contribution in [1.29, 1.82) is 0 Å². The van der Waals surface area contributed by atoms with E-state index in [-0.39, 0.29) is 0 Å². The average molecular weight is 289 g/mol. The van der Waals surface area contributed by atoms with Crippen LogP contribution in [0.5, 0.6) is 0 Å². The van der Waals surface area contributed by atoms with Crippen LogP contribution in [0.25, 0.3) is 33.3 Å². The van der Waals surface area contributed by atoms with Gasteiger partial charge in [0.15, 0.2) is 0 Å². The standard InChI is InChI=1S/C19H15NS/c1-20-17-10-6-5-9-16(17)18(15-11-12-21-13-15)19(20)14-7-3-2-4-8-14/h2-13H,1H3. The number of para-hydroxylation sites is 1. The Labute approximate surface area is 128 Å². The van der Waals surface area contributed by atoms with Crippen LogP contribution < -0.4 is 0 Å². The third kappa shape index (κ3) is 1.91. The molecule has 2 heterocycles. The maximum Gasteiger partial charge on any atom is 0.0568 e. The molecule has 2 aromatic carbocycles. The second-order valence-corrected chi connectivity index (χ2v) is 5.96. The monoisotopic (exact) mass is 289 g/mol. The summed E-state index contributed by atoms with van der Waals surface area (Å²) in [6, 6.07) is 21.5. The van der Waals surface area contributed by atoms with E-state index in [0.717, 1.165) is 0 Å². The van der Waals surface area contributed by atoms with Crippen LogP contribution in [0.1, 0.15) is 0 Å². The Hall–Kier alpha value is -2.32. The van der Waals surface area contributed by atoms with Gasteiger partial charge >= 0.3 is 0 Å². The fraction of sp³-hybridized carbons (Fsp3) is 0.0526. The third-order valence-corrected chi connectivity index (χ3v) is 4.65. The average Bonchev–Trinajstić information content (AvgIpc) is 3.15. The van der Waals surface area contributed by atoms with Crippen molar-refractivity contribution >= 4 is 22.2 Å². The predicted octanol–water partition coefficient (Wildman–Crippen LogP) is 5.57. The summed E-state index contributed by atoms with van der Waals surface area (Å²) in [5, 5.41) is 5.69. The minimum atomic E-state index is 1.26. The molecule has 0 saturated carbocycles. The molecule has 2 aromatic heterocycles. The maximum atomic E-state index is 2.30. The van der Waals surface area contributed by atoms with Crippen LogP contribution in [0.4, 0.5) is 0 Å². The van der Waals surface area contributed by atoms with Crippen molar-refractivity contribution < 1.29 is 0 Å². The molecule has 0 bridgehead atoms. The molecule has 102 valence electrons. The zero-order valence-electron chi connectivity index (χ0n) is 11.8. The van der Waals surface area contributed by atoms with Crippen LogP contribution in [0.2, 0.25) is 0 Å². The molecule has 0 saturated heterocycles. The number of nitrogens with zero attached hydrogens (tertiary/aromatic N) is 1. The van der Waals surface area contributed by atoms with Crippen LogP contribution in [-0.2, 0) is 7.05 Å². The molecule has 0 radical (unpaired) electrons. The first-order chi connectivity index (χ1) is 10.4. The molecule has 0 N–H and O–H groups in total. The number of thiophene rings is 1. The first-order valence-corrected chi connectivity index (χ1v) is 7.96. The van der Waals surface area contributed by atoms with Crippen LogP contribution >= 0.6 is 11.3 Å². The largest absolute Gasteiger partial charge is 0.343 e. The van der Waals surface area contributed by atoms with Gasteiger partial charge in [0, 0.05) is 23.5 Å². The van der Waals surface area contributed by atoms with Gasteiger partial charge in [-0.2, -0.15) is 11.3 Å². The van der Waals surface area contributed by atoms with Crippen molar-refractivity contribution in [3.05, 3.63) is 71.4 Å². The lowest BCUT2D eigenvalue weighted by molar-refractivity contribution is 0.979. The second-order valence-electron chi connectivity index (χ2n) is 5.18. The zero-order valence-corrected chi connectivity index (χ0v) is 12.6. The second kappa shape index (κ2) is 4.90. The molecule has 0 unspecified atom stereocenters. The molecule has 21 heavy (non-hydrogen) atoms. The Morgan fingerprint density at radius 1 is 0.810 bits per heavy atom. The molecular weight excluding hydrogens is 274 g/mol. The quantitative estimate of drug-likeness (QED) is 0.454. The summed E-state index contributed by atoms with van der Waals surface area (Å²) in [6.07, 6.45) is 0. The zero-order chi connectivity index (χ0) is 14.2. The van der Waals surface area contributed by atoms with Gasteiger partial charge in [-0.15, -0.1) is 0 Å². The van der Waals surface area contributed by atoms with E-state index < -0.39 is 0 Å². The van der Waals surface area contributed by atoms with Crippen LogP contribution in [0.3, 0.4) is 0 Å². The summed E-state index contributed by atoms with van der Waals surface area (Å²) >= 11 is 1.75. The summed E-state index contributed by atoms with van der Waals surface area (Å²) in [6.45, 7) is 0. The highest BCUT2D eigenvalue weighted by Gasteiger charge is 2.17. The number of hydrogen-bond donors (Lipinski definition) is 0. The molecule has 0 amide bonds. The lowest BCUT2D eigenvalue weighted by Gasteiger charge is -2.07. The van der Waals surface area contributed by atoms with Gasteiger partial charge in [-0.25, -0.2) is 0 Å². The molecule has 0 atom stereocenters. The summed E-state index contributed by atoms with van der Waals surface area (Å²) in [7, 11) is 2.15. The Bertz CT molecular complexity index is 886. The number of hydrogen-bond acceptors (Lipinski definition) is 1. The van der Waals surface area contributed by atoms with E-state index in [2.05, 4.69) is 83.0 Å². The lowest BCUT2D eigenvalue weighted by Crippen LogP contribution is -1.92. The van der Waals surface area contributed by atoms with E-state index in [0.29, 0.717) is 0 Å². The van der Waals surface area contributed by atoms with Gasteiger partial charge in [-0.05, 0) is 34.0 Å². The summed E-state index contributed by atoms with van der Waals surface area (Å²) in [5.74, 6) is 0. The Morgan fingerprint density at radius 2 is 1.57 bits per heavy atom. The van der Waals surface area contributed by atoms with E-state index >= 15 is 0 Å². The highest BCUT2D eigenvalue weighted by molar-refractivity contribution is 7.08. The highest BCUT2D eigenvalue weighted by Crippen LogP contribution is 2.40. The number of fused-ring (bicyclic) bond motifs is 1. The van der Waals surface area contributed by atoms with Gasteiger partial charge in [0.1, 0.15) is 0 Å². The lowest BCUT2D eigenvalue weighted by atomic mass is 10.0. The van der Waals surface area contributed by atoms with Crippen molar-refractivity contribution in [2.75, 3.05) is 0 Å².